The number of phenolic OH excluding ortho intramolecular Hbond substituents is 1. The number of halogens is 6. The molecule has 1 aliphatic heterocycles. The van der Waals surface area contributed by atoms with Crippen LogP contribution in [0.15, 0.2) is 60.7 Å². The zero-order valence-electron chi connectivity index (χ0n) is 28.1. The number of methoxy groups -OCH3 is 1. The van der Waals surface area contributed by atoms with Crippen LogP contribution in [0.3, 0.4) is 0 Å². The van der Waals surface area contributed by atoms with Crippen LogP contribution in [0.4, 0.5) is 32.0 Å². The van der Waals surface area contributed by atoms with Crippen molar-refractivity contribution in [1.82, 2.24) is 4.90 Å². The van der Waals surface area contributed by atoms with E-state index in [2.05, 4.69) is 28.4 Å². The largest absolute Gasteiger partial charge is 0.508 e. The van der Waals surface area contributed by atoms with Gasteiger partial charge < -0.3 is 36.2 Å². The minimum Gasteiger partial charge on any atom is -0.508 e. The van der Waals surface area contributed by atoms with E-state index < -0.39 is 30.3 Å². The van der Waals surface area contributed by atoms with E-state index in [1.54, 1.807) is 24.5 Å². The van der Waals surface area contributed by atoms with E-state index in [1.165, 1.54) is 24.0 Å². The fourth-order valence-corrected chi connectivity index (χ4v) is 6.44. The quantitative estimate of drug-likeness (QED) is 0.0989. The maximum Gasteiger partial charge on any atom is 0.490 e. The highest BCUT2D eigenvalue weighted by Crippen LogP contribution is 2.42. The third-order valence-corrected chi connectivity index (χ3v) is 8.94. The van der Waals surface area contributed by atoms with Crippen molar-refractivity contribution in [2.24, 2.45) is 5.73 Å². The minimum absolute atomic E-state index is 0.0580. The molecule has 53 heavy (non-hydrogen) atoms. The standard InChI is InChI=1S/C31H35N3O4S.2C2HF3O2/c1-38-28-15-20(4-5-22(28)18-34-12-2-3-13-34)14-27-26-11-10-25(36)17-29(26)39-31(27)21-6-8-24(9-7-21)33-30(37)16-23(32)19-35;2*3-2(4,5)1(6)7/h4-11,15,17,23,35-36H,2-3,12-14,16,18-19,32H2,1H3,(H,33,37);2*(H,6,7)/t23-;;/m1../s1. The SMILES string of the molecule is COc1cc(Cc2c(-c3ccc(NC(=O)C[C@@H](N)CO)cc3)sc3cc(O)ccc23)ccc1CN1CCCC1.O=C(O)C(F)(F)F.O=C(O)C(F)(F)F. The van der Waals surface area contributed by atoms with E-state index in [4.69, 9.17) is 35.4 Å². The van der Waals surface area contributed by atoms with Crippen LogP contribution in [0.1, 0.15) is 36.0 Å². The number of nitrogens with zero attached hydrogens (tertiary/aromatic N) is 1. The number of rotatable bonds is 10. The summed E-state index contributed by atoms with van der Waals surface area (Å²) in [5, 5.41) is 37.4. The van der Waals surface area contributed by atoms with Crippen LogP contribution in [0.25, 0.3) is 20.5 Å². The van der Waals surface area contributed by atoms with Gasteiger partial charge in [-0.2, -0.15) is 26.3 Å². The lowest BCUT2D eigenvalue weighted by Gasteiger charge is -2.18. The van der Waals surface area contributed by atoms with E-state index in [0.717, 1.165) is 57.9 Å². The lowest BCUT2D eigenvalue weighted by molar-refractivity contribution is -0.193. The number of ether oxygens (including phenoxy) is 1. The molecule has 4 aromatic rings. The fourth-order valence-electron chi connectivity index (χ4n) is 5.18. The number of alkyl halides is 6. The normalized spacial score (nSPS) is 13.7. The first kappa shape index (κ1) is 42.5. The fraction of sp³-hybridized carbons (Fsp3) is 0.343. The van der Waals surface area contributed by atoms with Gasteiger partial charge in [-0.3, -0.25) is 9.69 Å². The molecule has 1 amide bonds. The van der Waals surface area contributed by atoms with Crippen LogP contribution < -0.4 is 15.8 Å². The molecule has 0 aliphatic carbocycles. The molecule has 3 aromatic carbocycles. The lowest BCUT2D eigenvalue weighted by atomic mass is 9.97. The molecule has 0 spiro atoms. The van der Waals surface area contributed by atoms with E-state index in [9.17, 15) is 36.2 Å². The number of carbonyl (C=O) groups excluding carboxylic acids is 1. The molecule has 1 atom stereocenters. The van der Waals surface area contributed by atoms with E-state index in [0.29, 0.717) is 5.69 Å². The lowest BCUT2D eigenvalue weighted by Crippen LogP contribution is -2.30. The number of amides is 1. The van der Waals surface area contributed by atoms with Gasteiger partial charge in [0.05, 0.1) is 13.7 Å². The maximum absolute atomic E-state index is 12.2. The number of fused-ring (bicyclic) bond motifs is 1. The average molecular weight is 774 g/mol. The number of carboxylic acids is 2. The van der Waals surface area contributed by atoms with Crippen LogP contribution >= 0.6 is 11.3 Å². The van der Waals surface area contributed by atoms with Crippen molar-refractivity contribution in [3.63, 3.8) is 0 Å². The van der Waals surface area contributed by atoms with Crippen LogP contribution in [-0.2, 0) is 27.3 Å². The summed E-state index contributed by atoms with van der Waals surface area (Å²) in [6.07, 6.45) is -6.87. The number of nitrogens with two attached hydrogens (primary N) is 1. The number of thiophene rings is 1. The van der Waals surface area contributed by atoms with Crippen molar-refractivity contribution in [3.05, 3.63) is 77.4 Å². The Morgan fingerprint density at radius 3 is 2.04 bits per heavy atom. The highest BCUT2D eigenvalue weighted by Gasteiger charge is 2.39. The van der Waals surface area contributed by atoms with Crippen molar-refractivity contribution >= 4 is 45.0 Å². The van der Waals surface area contributed by atoms with E-state index in [-0.39, 0.29) is 24.7 Å². The molecule has 2 heterocycles. The van der Waals surface area contributed by atoms with E-state index >= 15 is 0 Å². The number of carboxylic acid groups (broad SMARTS) is 2. The minimum atomic E-state index is -5.08. The molecule has 7 N–H and O–H groups in total. The number of phenols is 1. The first-order chi connectivity index (χ1) is 24.8. The number of hydrogen-bond donors (Lipinski definition) is 6. The number of aromatic hydroxyl groups is 1. The molecule has 1 saturated heterocycles. The number of likely N-dealkylation sites (tertiary alicyclic amines) is 1. The predicted molar refractivity (Wildman–Crippen MR) is 185 cm³/mol. The number of hydrogen-bond acceptors (Lipinski definition) is 9. The number of nitrogens with one attached hydrogen (secondary N) is 1. The zero-order valence-corrected chi connectivity index (χ0v) is 28.9. The van der Waals surface area contributed by atoms with Gasteiger partial charge >= 0.3 is 24.3 Å². The molecule has 0 unspecified atom stereocenters. The number of aliphatic hydroxyl groups is 1. The topological polar surface area (TPSA) is 183 Å². The monoisotopic (exact) mass is 773 g/mol. The highest BCUT2D eigenvalue weighted by molar-refractivity contribution is 7.22. The first-order valence-electron chi connectivity index (χ1n) is 15.8. The van der Waals surface area contributed by atoms with Crippen molar-refractivity contribution in [2.75, 3.05) is 32.1 Å². The Bertz CT molecular complexity index is 1840. The summed E-state index contributed by atoms with van der Waals surface area (Å²) < 4.78 is 70.3. The molecule has 5 rings (SSSR count). The van der Waals surface area contributed by atoms with Crippen LogP contribution in [0.5, 0.6) is 11.5 Å². The molecule has 288 valence electrons. The third-order valence-electron chi connectivity index (χ3n) is 7.70. The Kier molecular flexibility index (Phi) is 15.0. The second kappa shape index (κ2) is 18.7. The number of aliphatic carboxylic acids is 2. The number of aliphatic hydroxyl groups excluding tert-OH is 1. The van der Waals surface area contributed by atoms with Crippen molar-refractivity contribution < 1.29 is 65.9 Å². The molecule has 1 aromatic heterocycles. The number of benzene rings is 3. The zero-order chi connectivity index (χ0) is 39.5. The number of anilines is 1. The second-order valence-electron chi connectivity index (χ2n) is 11.8. The maximum atomic E-state index is 12.2. The van der Waals surface area contributed by atoms with Gasteiger partial charge in [0, 0.05) is 39.8 Å². The first-order valence-corrected chi connectivity index (χ1v) is 16.6. The summed E-state index contributed by atoms with van der Waals surface area (Å²) >= 11 is 1.65. The molecular formula is C35H37F6N3O8S. The Morgan fingerprint density at radius 1 is 0.925 bits per heavy atom. The summed E-state index contributed by atoms with van der Waals surface area (Å²) in [4.78, 5) is 33.6. The molecule has 0 bridgehead atoms. The van der Waals surface area contributed by atoms with Crippen LogP contribution in [0.2, 0.25) is 0 Å². The van der Waals surface area contributed by atoms with Gasteiger partial charge in [0.2, 0.25) is 5.91 Å². The van der Waals surface area contributed by atoms with Gasteiger partial charge in [-0.1, -0.05) is 24.3 Å². The van der Waals surface area contributed by atoms with Crippen LogP contribution in [-0.4, -0.2) is 88.4 Å². The van der Waals surface area contributed by atoms with Crippen molar-refractivity contribution in [2.45, 2.75) is 50.6 Å². The average Bonchev–Trinajstić information content (AvgIpc) is 3.73. The Hall–Kier alpha value is -4.91. The van der Waals surface area contributed by atoms with Gasteiger partial charge in [-0.15, -0.1) is 11.3 Å². The summed E-state index contributed by atoms with van der Waals surface area (Å²) in [5.41, 5.74) is 11.0. The smallest absolute Gasteiger partial charge is 0.490 e. The van der Waals surface area contributed by atoms with Gasteiger partial charge in [0.1, 0.15) is 11.5 Å². The molecular weight excluding hydrogens is 736 g/mol. The van der Waals surface area contributed by atoms with Crippen LogP contribution in [0, 0.1) is 0 Å². The third kappa shape index (κ3) is 12.9. The predicted octanol–water partition coefficient (Wildman–Crippen LogP) is 6.38. The molecule has 18 heteroatoms. The Morgan fingerprint density at radius 2 is 1.51 bits per heavy atom. The van der Waals surface area contributed by atoms with Gasteiger partial charge in [-0.05, 0) is 90.8 Å². The van der Waals surface area contributed by atoms with Crippen molar-refractivity contribution in [1.29, 1.82) is 0 Å². The summed E-state index contributed by atoms with van der Waals surface area (Å²) in [6, 6.07) is 19.2. The Labute approximate surface area is 303 Å². The van der Waals surface area contributed by atoms with Gasteiger partial charge in [0.25, 0.3) is 0 Å². The summed E-state index contributed by atoms with van der Waals surface area (Å²) in [5.74, 6) is -4.59. The molecule has 11 nitrogen and oxygen atoms in total. The highest BCUT2D eigenvalue weighted by atomic mass is 32.1. The molecule has 0 radical (unpaired) electrons. The van der Waals surface area contributed by atoms with Crippen molar-refractivity contribution in [3.8, 4) is 21.9 Å². The molecule has 0 saturated carbocycles. The Balaban J connectivity index is 0.000000458. The summed E-state index contributed by atoms with van der Waals surface area (Å²) in [7, 11) is 1.73. The van der Waals surface area contributed by atoms with Gasteiger partial charge in [0.15, 0.2) is 0 Å². The van der Waals surface area contributed by atoms with E-state index in [1.807, 2.05) is 36.4 Å². The number of carbonyl (C=O) groups is 3. The molecule has 1 aliphatic rings. The summed E-state index contributed by atoms with van der Waals surface area (Å²) in [6.45, 7) is 2.95. The van der Waals surface area contributed by atoms with Gasteiger partial charge in [-0.25, -0.2) is 9.59 Å². The second-order valence-corrected chi connectivity index (χ2v) is 12.8. The molecule has 1 fully saturated rings.